The number of ether oxygens (including phenoxy) is 1. The zero-order chi connectivity index (χ0) is 14.9. The van der Waals surface area contributed by atoms with Gasteiger partial charge >= 0.3 is 0 Å². The summed E-state index contributed by atoms with van der Waals surface area (Å²) >= 11 is 0. The minimum atomic E-state index is 0.544. The third-order valence-corrected chi connectivity index (χ3v) is 4.78. The highest BCUT2D eigenvalue weighted by atomic mass is 16.5. The maximum Gasteiger partial charge on any atom is 0.142 e. The van der Waals surface area contributed by atoms with Crippen molar-refractivity contribution >= 4 is 5.69 Å². The van der Waals surface area contributed by atoms with Gasteiger partial charge in [-0.05, 0) is 35.7 Å². The van der Waals surface area contributed by atoms with Crippen molar-refractivity contribution in [1.82, 2.24) is 5.32 Å². The van der Waals surface area contributed by atoms with E-state index < -0.39 is 0 Å². The molecular weight excluding hydrogens is 272 g/mol. The van der Waals surface area contributed by atoms with Crippen molar-refractivity contribution in [2.75, 3.05) is 31.1 Å². The van der Waals surface area contributed by atoms with Crippen LogP contribution in [0.2, 0.25) is 0 Å². The third kappa shape index (κ3) is 2.35. The molecule has 2 aliphatic heterocycles. The molecule has 0 aliphatic carbocycles. The summed E-state index contributed by atoms with van der Waals surface area (Å²) in [7, 11) is 0. The topological polar surface area (TPSA) is 24.5 Å². The van der Waals surface area contributed by atoms with Crippen LogP contribution < -0.4 is 15.0 Å². The van der Waals surface area contributed by atoms with Crippen molar-refractivity contribution in [1.29, 1.82) is 0 Å². The summed E-state index contributed by atoms with van der Waals surface area (Å²) in [6.45, 7) is 6.13. The first-order valence-corrected chi connectivity index (χ1v) is 8.13. The highest BCUT2D eigenvalue weighted by Crippen LogP contribution is 2.37. The summed E-state index contributed by atoms with van der Waals surface area (Å²) in [4.78, 5) is 2.53. The minimum Gasteiger partial charge on any atom is -0.491 e. The zero-order valence-corrected chi connectivity index (χ0v) is 13.0. The van der Waals surface area contributed by atoms with Gasteiger partial charge in [0.2, 0.25) is 0 Å². The van der Waals surface area contributed by atoms with Crippen LogP contribution in [-0.4, -0.2) is 32.3 Å². The van der Waals surface area contributed by atoms with Crippen LogP contribution in [0.1, 0.15) is 12.0 Å². The number of hydrogen-bond acceptors (Lipinski definition) is 3. The standard InChI is InChI=1S/C19H22N2O/c1-14-4-2-3-5-17(14)15-6-7-19-18(12-15)21-10-9-20-13-16(21)8-11-22-19/h2-7,12,16,20H,8-11,13H2,1H3. The molecule has 4 rings (SSSR count). The predicted octanol–water partition coefficient (Wildman–Crippen LogP) is 3.22. The molecule has 1 atom stereocenters. The van der Waals surface area contributed by atoms with Gasteiger partial charge in [0.15, 0.2) is 0 Å². The summed E-state index contributed by atoms with van der Waals surface area (Å²) < 4.78 is 5.99. The summed E-state index contributed by atoms with van der Waals surface area (Å²) in [5, 5.41) is 3.50. The number of hydrogen-bond donors (Lipinski definition) is 1. The first-order valence-electron chi connectivity index (χ1n) is 8.13. The lowest BCUT2D eigenvalue weighted by atomic mass is 9.99. The second-order valence-corrected chi connectivity index (χ2v) is 6.19. The predicted molar refractivity (Wildman–Crippen MR) is 90.7 cm³/mol. The lowest BCUT2D eigenvalue weighted by Gasteiger charge is -2.36. The molecule has 3 nitrogen and oxygen atoms in total. The van der Waals surface area contributed by atoms with Crippen LogP contribution in [0.4, 0.5) is 5.69 Å². The van der Waals surface area contributed by atoms with Crippen LogP contribution in [0, 0.1) is 6.92 Å². The van der Waals surface area contributed by atoms with Crippen LogP contribution in [0.15, 0.2) is 42.5 Å². The summed E-state index contributed by atoms with van der Waals surface area (Å²) in [5.41, 5.74) is 5.15. The number of nitrogens with zero attached hydrogens (tertiary/aromatic N) is 1. The Morgan fingerprint density at radius 2 is 2.09 bits per heavy atom. The smallest absolute Gasteiger partial charge is 0.142 e. The fourth-order valence-corrected chi connectivity index (χ4v) is 3.57. The van der Waals surface area contributed by atoms with E-state index in [1.165, 1.54) is 22.4 Å². The first kappa shape index (κ1) is 13.6. The SMILES string of the molecule is Cc1ccccc1-c1ccc2c(c1)N1CCNCC1CCO2. The van der Waals surface area contributed by atoms with Gasteiger partial charge in [0.1, 0.15) is 5.75 Å². The monoisotopic (exact) mass is 294 g/mol. The molecule has 1 N–H and O–H groups in total. The van der Waals surface area contributed by atoms with E-state index in [1.54, 1.807) is 0 Å². The summed E-state index contributed by atoms with van der Waals surface area (Å²) in [6.07, 6.45) is 1.08. The van der Waals surface area contributed by atoms with E-state index in [9.17, 15) is 0 Å². The summed E-state index contributed by atoms with van der Waals surface area (Å²) in [5.74, 6) is 1.03. The Labute approximate surface area is 131 Å². The van der Waals surface area contributed by atoms with Gasteiger partial charge in [-0.3, -0.25) is 0 Å². The highest BCUT2D eigenvalue weighted by Gasteiger charge is 2.27. The van der Waals surface area contributed by atoms with Gasteiger partial charge < -0.3 is 15.0 Å². The second kappa shape index (κ2) is 5.65. The third-order valence-electron chi connectivity index (χ3n) is 4.78. The van der Waals surface area contributed by atoms with Gasteiger partial charge in [0, 0.05) is 32.1 Å². The zero-order valence-electron chi connectivity index (χ0n) is 13.0. The van der Waals surface area contributed by atoms with Crippen LogP contribution >= 0.6 is 0 Å². The molecule has 0 saturated carbocycles. The van der Waals surface area contributed by atoms with Crippen LogP contribution in [-0.2, 0) is 0 Å². The molecule has 114 valence electrons. The quantitative estimate of drug-likeness (QED) is 0.874. The van der Waals surface area contributed by atoms with Crippen molar-refractivity contribution in [3.05, 3.63) is 48.0 Å². The number of nitrogens with one attached hydrogen (secondary N) is 1. The molecule has 22 heavy (non-hydrogen) atoms. The maximum absolute atomic E-state index is 5.99. The largest absolute Gasteiger partial charge is 0.491 e. The molecule has 1 unspecified atom stereocenters. The van der Waals surface area contributed by atoms with Crippen molar-refractivity contribution in [2.45, 2.75) is 19.4 Å². The molecule has 0 spiro atoms. The second-order valence-electron chi connectivity index (χ2n) is 6.19. The molecule has 3 heteroatoms. The molecule has 1 fully saturated rings. The van der Waals surface area contributed by atoms with Gasteiger partial charge in [-0.2, -0.15) is 0 Å². The normalized spacial score (nSPS) is 20.6. The van der Waals surface area contributed by atoms with E-state index in [-0.39, 0.29) is 0 Å². The molecule has 1 saturated heterocycles. The Hall–Kier alpha value is -2.00. The van der Waals surface area contributed by atoms with Gasteiger partial charge in [-0.25, -0.2) is 0 Å². The lowest BCUT2D eigenvalue weighted by molar-refractivity contribution is 0.304. The minimum absolute atomic E-state index is 0.544. The molecule has 0 radical (unpaired) electrons. The molecule has 0 amide bonds. The number of rotatable bonds is 1. The lowest BCUT2D eigenvalue weighted by Crippen LogP contribution is -2.51. The Morgan fingerprint density at radius 3 is 3.00 bits per heavy atom. The van der Waals surface area contributed by atoms with E-state index in [4.69, 9.17) is 4.74 Å². The Bertz CT molecular complexity index is 683. The van der Waals surface area contributed by atoms with Gasteiger partial charge in [-0.15, -0.1) is 0 Å². The molecule has 2 heterocycles. The van der Waals surface area contributed by atoms with Crippen LogP contribution in [0.5, 0.6) is 5.75 Å². The van der Waals surface area contributed by atoms with E-state index in [0.29, 0.717) is 6.04 Å². The fraction of sp³-hybridized carbons (Fsp3) is 0.368. The van der Waals surface area contributed by atoms with Crippen molar-refractivity contribution < 1.29 is 4.74 Å². The molecule has 0 aromatic heterocycles. The van der Waals surface area contributed by atoms with Crippen molar-refractivity contribution in [3.8, 4) is 16.9 Å². The molecule has 2 aliphatic rings. The molecule has 2 aromatic carbocycles. The maximum atomic E-state index is 5.99. The van der Waals surface area contributed by atoms with Crippen molar-refractivity contribution in [2.24, 2.45) is 0 Å². The Morgan fingerprint density at radius 1 is 1.18 bits per heavy atom. The van der Waals surface area contributed by atoms with Gasteiger partial charge in [0.05, 0.1) is 12.3 Å². The molecule has 0 bridgehead atoms. The number of fused-ring (bicyclic) bond motifs is 3. The van der Waals surface area contributed by atoms with E-state index in [2.05, 4.69) is 59.6 Å². The number of piperazine rings is 1. The fourth-order valence-electron chi connectivity index (χ4n) is 3.57. The van der Waals surface area contributed by atoms with Crippen LogP contribution in [0.3, 0.4) is 0 Å². The Kier molecular flexibility index (Phi) is 3.51. The van der Waals surface area contributed by atoms with Crippen LogP contribution in [0.25, 0.3) is 11.1 Å². The van der Waals surface area contributed by atoms with E-state index in [0.717, 1.165) is 38.4 Å². The van der Waals surface area contributed by atoms with E-state index in [1.807, 2.05) is 0 Å². The first-order chi connectivity index (χ1) is 10.8. The number of aryl methyl sites for hydroxylation is 1. The Balaban J connectivity index is 1.79. The highest BCUT2D eigenvalue weighted by molar-refractivity contribution is 5.75. The number of anilines is 1. The molecule has 2 aromatic rings. The number of benzene rings is 2. The average molecular weight is 294 g/mol. The van der Waals surface area contributed by atoms with Gasteiger partial charge in [0.25, 0.3) is 0 Å². The average Bonchev–Trinajstić information content (AvgIpc) is 2.74. The molecular formula is C19H22N2O. The van der Waals surface area contributed by atoms with Gasteiger partial charge in [-0.1, -0.05) is 30.3 Å². The van der Waals surface area contributed by atoms with Crippen molar-refractivity contribution in [3.63, 3.8) is 0 Å². The van der Waals surface area contributed by atoms with E-state index >= 15 is 0 Å². The summed E-state index contributed by atoms with van der Waals surface area (Å²) in [6, 6.07) is 15.7.